The average molecular weight is 236 g/mol. The molecule has 0 spiro atoms. The fourth-order valence-corrected chi connectivity index (χ4v) is 1.72. The van der Waals surface area contributed by atoms with Crippen LogP contribution in [0.2, 0.25) is 0 Å². The molecular weight excluding hydrogens is 216 g/mol. The molecule has 4 heteroatoms. The molecule has 0 unspecified atom stereocenters. The first-order chi connectivity index (χ1) is 8.04. The van der Waals surface area contributed by atoms with Gasteiger partial charge in [0.2, 0.25) is 5.91 Å². The second-order valence-corrected chi connectivity index (χ2v) is 4.13. The largest absolute Gasteiger partial charge is 0.491 e. The molecular formula is C13H20N2O2. The van der Waals surface area contributed by atoms with Crippen LogP contribution in [0, 0.1) is 13.8 Å². The molecule has 4 nitrogen and oxygen atoms in total. The first-order valence-corrected chi connectivity index (χ1v) is 5.74. The van der Waals surface area contributed by atoms with E-state index in [9.17, 15) is 4.79 Å². The maximum Gasteiger partial charge on any atom is 0.219 e. The zero-order chi connectivity index (χ0) is 12.8. The molecule has 1 aromatic rings. The lowest BCUT2D eigenvalue weighted by Gasteiger charge is -2.12. The van der Waals surface area contributed by atoms with Crippen LogP contribution >= 0.6 is 0 Å². The molecule has 1 aromatic carbocycles. The van der Waals surface area contributed by atoms with E-state index in [4.69, 9.17) is 10.5 Å². The van der Waals surface area contributed by atoms with Crippen LogP contribution in [-0.2, 0) is 4.79 Å². The fraction of sp³-hybridized carbons (Fsp3) is 0.462. The van der Waals surface area contributed by atoms with E-state index in [1.165, 1.54) is 0 Å². The normalized spacial score (nSPS) is 10.1. The van der Waals surface area contributed by atoms with Crippen molar-refractivity contribution in [3.63, 3.8) is 0 Å². The maximum absolute atomic E-state index is 11.0. The molecule has 0 saturated carbocycles. The second-order valence-electron chi connectivity index (χ2n) is 4.13. The van der Waals surface area contributed by atoms with Crippen molar-refractivity contribution < 1.29 is 9.53 Å². The molecule has 94 valence electrons. The summed E-state index contributed by atoms with van der Waals surface area (Å²) >= 11 is 0. The van der Waals surface area contributed by atoms with Crippen LogP contribution in [-0.4, -0.2) is 19.6 Å². The van der Waals surface area contributed by atoms with Gasteiger partial charge in [0.15, 0.2) is 0 Å². The molecule has 0 radical (unpaired) electrons. The lowest BCUT2D eigenvalue weighted by atomic mass is 10.1. The van der Waals surface area contributed by atoms with Crippen LogP contribution in [0.3, 0.4) is 0 Å². The van der Waals surface area contributed by atoms with Gasteiger partial charge >= 0.3 is 0 Å². The van der Waals surface area contributed by atoms with Crippen molar-refractivity contribution in [2.24, 2.45) is 0 Å². The number of benzene rings is 1. The number of nitrogens with one attached hydrogen (secondary N) is 1. The van der Waals surface area contributed by atoms with Gasteiger partial charge in [-0.2, -0.15) is 0 Å². The van der Waals surface area contributed by atoms with Gasteiger partial charge in [-0.25, -0.2) is 0 Å². The summed E-state index contributed by atoms with van der Waals surface area (Å²) in [5, 5.41) is 2.57. The summed E-state index contributed by atoms with van der Waals surface area (Å²) in [4.78, 5) is 11.0. The lowest BCUT2D eigenvalue weighted by Crippen LogP contribution is -2.18. The summed E-state index contributed by atoms with van der Waals surface area (Å²) in [6.07, 6.45) is 1.16. The molecule has 1 amide bonds. The third-order valence-electron chi connectivity index (χ3n) is 2.52. The van der Waals surface area contributed by atoms with Gasteiger partial charge in [-0.1, -0.05) is 6.07 Å². The Balaban J connectivity index is 2.50. The highest BCUT2D eigenvalue weighted by atomic mass is 16.5. The molecule has 0 saturated heterocycles. The maximum atomic E-state index is 11.0. The van der Waals surface area contributed by atoms with E-state index >= 15 is 0 Å². The minimum Gasteiger partial charge on any atom is -0.491 e. The molecule has 1 rings (SSSR count). The zero-order valence-electron chi connectivity index (χ0n) is 10.7. The van der Waals surface area contributed by atoms with E-state index in [1.54, 1.807) is 7.05 Å². The summed E-state index contributed by atoms with van der Waals surface area (Å²) in [6.45, 7) is 4.47. The fourth-order valence-electron chi connectivity index (χ4n) is 1.72. The molecule has 0 aliphatic heterocycles. The third-order valence-corrected chi connectivity index (χ3v) is 2.52. The molecule has 3 N–H and O–H groups in total. The number of aryl methyl sites for hydroxylation is 2. The van der Waals surface area contributed by atoms with Gasteiger partial charge in [-0.05, 0) is 37.5 Å². The van der Waals surface area contributed by atoms with E-state index < -0.39 is 0 Å². The van der Waals surface area contributed by atoms with Crippen LogP contribution in [0.25, 0.3) is 0 Å². The average Bonchev–Trinajstić information content (AvgIpc) is 2.26. The van der Waals surface area contributed by atoms with E-state index in [2.05, 4.69) is 5.32 Å². The summed E-state index contributed by atoms with van der Waals surface area (Å²) < 4.78 is 5.61. The summed E-state index contributed by atoms with van der Waals surface area (Å²) in [5.74, 6) is 0.759. The minimum absolute atomic E-state index is 0.0298. The first kappa shape index (κ1) is 13.4. The molecule has 0 aliphatic carbocycles. The van der Waals surface area contributed by atoms with Crippen LogP contribution in [0.4, 0.5) is 5.69 Å². The number of anilines is 1. The van der Waals surface area contributed by atoms with E-state index in [0.717, 1.165) is 16.9 Å². The number of rotatable bonds is 5. The van der Waals surface area contributed by atoms with Crippen LogP contribution in [0.15, 0.2) is 12.1 Å². The van der Waals surface area contributed by atoms with Crippen molar-refractivity contribution in [1.82, 2.24) is 5.32 Å². The molecule has 17 heavy (non-hydrogen) atoms. The molecule has 0 atom stereocenters. The van der Waals surface area contributed by atoms with E-state index in [1.807, 2.05) is 26.0 Å². The lowest BCUT2D eigenvalue weighted by molar-refractivity contribution is -0.120. The Morgan fingerprint density at radius 3 is 2.71 bits per heavy atom. The SMILES string of the molecule is CNC(=O)CCCOc1c(C)cc(C)cc1N. The van der Waals surface area contributed by atoms with Gasteiger partial charge < -0.3 is 15.8 Å². The second kappa shape index (κ2) is 6.13. The number of hydrogen-bond acceptors (Lipinski definition) is 3. The van der Waals surface area contributed by atoms with Crippen molar-refractivity contribution in [1.29, 1.82) is 0 Å². The van der Waals surface area contributed by atoms with Crippen LogP contribution in [0.5, 0.6) is 5.75 Å². The van der Waals surface area contributed by atoms with Crippen LogP contribution < -0.4 is 15.8 Å². The van der Waals surface area contributed by atoms with Gasteiger partial charge in [-0.3, -0.25) is 4.79 Å². The van der Waals surface area contributed by atoms with Gasteiger partial charge in [0.1, 0.15) is 5.75 Å². The number of ether oxygens (including phenoxy) is 1. The van der Waals surface area contributed by atoms with Crippen LogP contribution in [0.1, 0.15) is 24.0 Å². The molecule has 0 aliphatic rings. The zero-order valence-corrected chi connectivity index (χ0v) is 10.7. The number of amides is 1. The highest BCUT2D eigenvalue weighted by Gasteiger charge is 2.06. The van der Waals surface area contributed by atoms with Crippen molar-refractivity contribution in [3.8, 4) is 5.75 Å². The van der Waals surface area contributed by atoms with E-state index in [0.29, 0.717) is 25.1 Å². The third kappa shape index (κ3) is 3.98. The number of nitrogens with two attached hydrogens (primary N) is 1. The number of nitrogen functional groups attached to an aromatic ring is 1. The molecule has 0 aromatic heterocycles. The number of hydrogen-bond donors (Lipinski definition) is 2. The summed E-state index contributed by atoms with van der Waals surface area (Å²) in [5.41, 5.74) is 8.69. The predicted octanol–water partition coefficient (Wildman–Crippen LogP) is 1.79. The number of carbonyl (C=O) groups is 1. The van der Waals surface area contributed by atoms with Gasteiger partial charge in [0, 0.05) is 13.5 Å². The van der Waals surface area contributed by atoms with E-state index in [-0.39, 0.29) is 5.91 Å². The smallest absolute Gasteiger partial charge is 0.219 e. The highest BCUT2D eigenvalue weighted by molar-refractivity contribution is 5.75. The Hall–Kier alpha value is -1.71. The molecule has 0 bridgehead atoms. The standard InChI is InChI=1S/C13H20N2O2/c1-9-7-10(2)13(11(14)8-9)17-6-4-5-12(16)15-3/h7-8H,4-6,14H2,1-3H3,(H,15,16). The Morgan fingerprint density at radius 1 is 1.41 bits per heavy atom. The van der Waals surface area contributed by atoms with Crippen molar-refractivity contribution in [2.75, 3.05) is 19.4 Å². The summed E-state index contributed by atoms with van der Waals surface area (Å²) in [6, 6.07) is 3.92. The molecule has 0 heterocycles. The minimum atomic E-state index is 0.0298. The van der Waals surface area contributed by atoms with Gasteiger partial charge in [-0.15, -0.1) is 0 Å². The Labute approximate surface area is 102 Å². The van der Waals surface area contributed by atoms with Crippen molar-refractivity contribution in [2.45, 2.75) is 26.7 Å². The summed E-state index contributed by atoms with van der Waals surface area (Å²) in [7, 11) is 1.63. The van der Waals surface area contributed by atoms with Gasteiger partial charge in [0.05, 0.1) is 12.3 Å². The molecule has 0 fully saturated rings. The Bertz CT molecular complexity index is 379. The topological polar surface area (TPSA) is 64.3 Å². The Kier molecular flexibility index (Phi) is 4.82. The van der Waals surface area contributed by atoms with Gasteiger partial charge in [0.25, 0.3) is 0 Å². The Morgan fingerprint density at radius 2 is 2.12 bits per heavy atom. The highest BCUT2D eigenvalue weighted by Crippen LogP contribution is 2.27. The quantitative estimate of drug-likeness (QED) is 0.605. The first-order valence-electron chi connectivity index (χ1n) is 5.74. The predicted molar refractivity (Wildman–Crippen MR) is 69.1 cm³/mol. The van der Waals surface area contributed by atoms with Crippen molar-refractivity contribution >= 4 is 11.6 Å². The monoisotopic (exact) mass is 236 g/mol. The number of carbonyl (C=O) groups excluding carboxylic acids is 1. The van der Waals surface area contributed by atoms with Crippen molar-refractivity contribution in [3.05, 3.63) is 23.3 Å².